The summed E-state index contributed by atoms with van der Waals surface area (Å²) in [5, 5.41) is 0. The molecule has 2 aliphatic rings. The van der Waals surface area contributed by atoms with Crippen molar-refractivity contribution in [2.45, 2.75) is 70.0 Å². The van der Waals surface area contributed by atoms with Crippen molar-refractivity contribution in [1.82, 2.24) is 0 Å². The molecular formula is C17H26OSi. The van der Waals surface area contributed by atoms with Gasteiger partial charge in [0.25, 0.3) is 8.32 Å². The zero-order valence-electron chi connectivity index (χ0n) is 12.7. The number of hydrogen-bond acceptors (Lipinski definition) is 1. The van der Waals surface area contributed by atoms with E-state index in [9.17, 15) is 0 Å². The fourth-order valence-corrected chi connectivity index (χ4v) is 10.1. The Morgan fingerprint density at radius 3 is 2.53 bits per heavy atom. The van der Waals surface area contributed by atoms with E-state index in [1.807, 2.05) is 0 Å². The molecule has 1 aromatic rings. The topological polar surface area (TPSA) is 9.23 Å². The van der Waals surface area contributed by atoms with Gasteiger partial charge in [0.1, 0.15) is 5.75 Å². The second-order valence-corrected chi connectivity index (χ2v) is 11.8. The third-order valence-electron chi connectivity index (χ3n) is 5.33. The van der Waals surface area contributed by atoms with E-state index < -0.39 is 8.32 Å². The predicted octanol–water partition coefficient (Wildman–Crippen LogP) is 5.19. The van der Waals surface area contributed by atoms with Gasteiger partial charge in [0.2, 0.25) is 0 Å². The van der Waals surface area contributed by atoms with Crippen LogP contribution in [0.15, 0.2) is 18.2 Å². The van der Waals surface area contributed by atoms with Crippen molar-refractivity contribution in [3.8, 4) is 5.75 Å². The van der Waals surface area contributed by atoms with Crippen molar-refractivity contribution >= 4 is 8.32 Å². The summed E-state index contributed by atoms with van der Waals surface area (Å²) in [6.07, 6.45) is 5.33. The minimum atomic E-state index is -1.73. The first kappa shape index (κ1) is 13.2. The van der Waals surface area contributed by atoms with Crippen molar-refractivity contribution in [3.63, 3.8) is 0 Å². The Balaban J connectivity index is 2.17. The Labute approximate surface area is 118 Å². The fourth-order valence-electron chi connectivity index (χ4n) is 4.52. The van der Waals surface area contributed by atoms with Gasteiger partial charge in [-0.3, -0.25) is 0 Å². The Morgan fingerprint density at radius 2 is 1.84 bits per heavy atom. The molecule has 1 aliphatic carbocycles. The van der Waals surface area contributed by atoms with Crippen molar-refractivity contribution in [1.29, 1.82) is 0 Å². The fraction of sp³-hybridized carbons (Fsp3) is 0.647. The Hall–Kier alpha value is -0.763. The molecule has 0 N–H and O–H groups in total. The van der Waals surface area contributed by atoms with Gasteiger partial charge in [-0.05, 0) is 47.5 Å². The quantitative estimate of drug-likeness (QED) is 0.674. The van der Waals surface area contributed by atoms with Gasteiger partial charge < -0.3 is 4.43 Å². The Bertz CT molecular complexity index is 470. The second-order valence-electron chi connectivity index (χ2n) is 6.89. The van der Waals surface area contributed by atoms with E-state index in [4.69, 9.17) is 4.43 Å². The molecule has 1 unspecified atom stereocenters. The largest absolute Gasteiger partial charge is 0.542 e. The maximum atomic E-state index is 6.74. The highest BCUT2D eigenvalue weighted by Crippen LogP contribution is 2.55. The van der Waals surface area contributed by atoms with Gasteiger partial charge in [-0.1, -0.05) is 46.2 Å². The van der Waals surface area contributed by atoms with Crippen LogP contribution < -0.4 is 4.43 Å². The number of benzene rings is 1. The average Bonchev–Trinajstić information content (AvgIpc) is 2.55. The molecule has 1 aromatic carbocycles. The van der Waals surface area contributed by atoms with E-state index in [0.29, 0.717) is 11.1 Å². The number of aryl methyl sites for hydroxylation is 1. The Kier molecular flexibility index (Phi) is 3.24. The molecular weight excluding hydrogens is 248 g/mol. The van der Waals surface area contributed by atoms with Crippen molar-refractivity contribution in [2.75, 3.05) is 0 Å². The van der Waals surface area contributed by atoms with Crippen LogP contribution in [0.4, 0.5) is 0 Å². The molecule has 0 radical (unpaired) electrons. The van der Waals surface area contributed by atoms with Gasteiger partial charge >= 0.3 is 0 Å². The molecule has 0 aromatic heterocycles. The van der Waals surface area contributed by atoms with E-state index in [-0.39, 0.29) is 0 Å². The lowest BCUT2D eigenvalue weighted by Crippen LogP contribution is -2.50. The van der Waals surface area contributed by atoms with Crippen LogP contribution in [-0.4, -0.2) is 8.32 Å². The third-order valence-corrected chi connectivity index (χ3v) is 11.2. The zero-order valence-corrected chi connectivity index (χ0v) is 13.7. The third kappa shape index (κ3) is 1.79. The smallest absolute Gasteiger partial charge is 0.263 e. The molecule has 104 valence electrons. The molecule has 2 heteroatoms. The maximum Gasteiger partial charge on any atom is 0.263 e. The number of rotatable bonds is 2. The maximum absolute atomic E-state index is 6.74. The van der Waals surface area contributed by atoms with Crippen molar-refractivity contribution in [3.05, 3.63) is 29.3 Å². The summed E-state index contributed by atoms with van der Waals surface area (Å²) in [7, 11) is -1.73. The van der Waals surface area contributed by atoms with Crippen molar-refractivity contribution in [2.24, 2.45) is 0 Å². The molecule has 0 saturated carbocycles. The molecule has 19 heavy (non-hydrogen) atoms. The highest BCUT2D eigenvalue weighted by atomic mass is 28.4. The van der Waals surface area contributed by atoms with E-state index in [2.05, 4.69) is 45.9 Å². The number of hydrogen-bond donors (Lipinski definition) is 0. The first-order valence-electron chi connectivity index (χ1n) is 7.88. The van der Waals surface area contributed by atoms with Crippen LogP contribution in [0.3, 0.4) is 0 Å². The lowest BCUT2D eigenvalue weighted by molar-refractivity contribution is 0.501. The summed E-state index contributed by atoms with van der Waals surface area (Å²) in [6.45, 7) is 9.57. The van der Waals surface area contributed by atoms with Crippen LogP contribution in [0.1, 0.15) is 63.6 Å². The predicted molar refractivity (Wildman–Crippen MR) is 83.3 cm³/mol. The summed E-state index contributed by atoms with van der Waals surface area (Å²) in [5.41, 5.74) is 5.30. The van der Waals surface area contributed by atoms with Crippen LogP contribution in [-0.2, 0) is 6.42 Å². The molecule has 0 bridgehead atoms. The molecule has 1 nitrogen and oxygen atoms in total. The standard InChI is InChI=1S/C17H26OSi/c1-12(2)19(13(3)4)16-11-6-5-8-14-9-7-10-15(18-19)17(14)16/h7,9-10,12-13,16H,5-6,8,11H2,1-4H3. The molecule has 0 spiro atoms. The summed E-state index contributed by atoms with van der Waals surface area (Å²) in [4.78, 5) is 0. The molecule has 1 heterocycles. The van der Waals surface area contributed by atoms with Crippen LogP contribution >= 0.6 is 0 Å². The Morgan fingerprint density at radius 1 is 1.11 bits per heavy atom. The normalized spacial score (nSPS) is 24.2. The molecule has 1 atom stereocenters. The lowest BCUT2D eigenvalue weighted by Gasteiger charge is -2.39. The minimum absolute atomic E-state index is 0.691. The molecule has 0 amide bonds. The summed E-state index contributed by atoms with van der Waals surface area (Å²) in [5.74, 6) is 1.23. The van der Waals surface area contributed by atoms with E-state index >= 15 is 0 Å². The van der Waals surface area contributed by atoms with Gasteiger partial charge in [0, 0.05) is 5.54 Å². The van der Waals surface area contributed by atoms with E-state index in [1.165, 1.54) is 31.4 Å². The van der Waals surface area contributed by atoms with Crippen molar-refractivity contribution < 1.29 is 4.43 Å². The minimum Gasteiger partial charge on any atom is -0.542 e. The van der Waals surface area contributed by atoms with Gasteiger partial charge in [-0.25, -0.2) is 0 Å². The SMILES string of the molecule is CC(C)[Si]1(C(C)C)Oc2cccc3c2C1CCCC3. The first-order valence-corrected chi connectivity index (χ1v) is 10.0. The summed E-state index contributed by atoms with van der Waals surface area (Å²) in [6, 6.07) is 6.75. The van der Waals surface area contributed by atoms with Gasteiger partial charge in [0.05, 0.1) is 0 Å². The van der Waals surface area contributed by atoms with Crippen LogP contribution in [0.2, 0.25) is 11.1 Å². The van der Waals surface area contributed by atoms with Gasteiger partial charge in [0.15, 0.2) is 0 Å². The first-order chi connectivity index (χ1) is 9.07. The molecule has 0 saturated heterocycles. The van der Waals surface area contributed by atoms with Gasteiger partial charge in [-0.2, -0.15) is 0 Å². The second kappa shape index (κ2) is 4.66. The highest BCUT2D eigenvalue weighted by molar-refractivity contribution is 6.79. The summed E-state index contributed by atoms with van der Waals surface area (Å²) < 4.78 is 6.74. The molecule has 1 aliphatic heterocycles. The van der Waals surface area contributed by atoms with Crippen LogP contribution in [0, 0.1) is 0 Å². The average molecular weight is 274 g/mol. The lowest BCUT2D eigenvalue weighted by atomic mass is 10.0. The zero-order chi connectivity index (χ0) is 13.6. The molecule has 3 rings (SSSR count). The van der Waals surface area contributed by atoms with Crippen LogP contribution in [0.25, 0.3) is 0 Å². The van der Waals surface area contributed by atoms with E-state index in [1.54, 1.807) is 11.1 Å². The monoisotopic (exact) mass is 274 g/mol. The van der Waals surface area contributed by atoms with Gasteiger partial charge in [-0.15, -0.1) is 0 Å². The highest BCUT2D eigenvalue weighted by Gasteiger charge is 2.56. The summed E-state index contributed by atoms with van der Waals surface area (Å²) >= 11 is 0. The molecule has 0 fully saturated rings. The van der Waals surface area contributed by atoms with Crippen LogP contribution in [0.5, 0.6) is 5.75 Å². The van der Waals surface area contributed by atoms with E-state index in [0.717, 1.165) is 5.54 Å².